The SMILES string of the molecule is COCCn1c(=NC(=O)CSCC(=O)N2CCCC2)sc2cc(OC)ccc21. The highest BCUT2D eigenvalue weighted by Crippen LogP contribution is 2.23. The minimum absolute atomic E-state index is 0.111. The Morgan fingerprint density at radius 3 is 2.71 bits per heavy atom. The van der Waals surface area contributed by atoms with Crippen LogP contribution in [0.3, 0.4) is 0 Å². The summed E-state index contributed by atoms with van der Waals surface area (Å²) in [5, 5.41) is 0. The van der Waals surface area contributed by atoms with E-state index in [2.05, 4.69) is 4.99 Å². The summed E-state index contributed by atoms with van der Waals surface area (Å²) in [5.41, 5.74) is 0.992. The van der Waals surface area contributed by atoms with E-state index < -0.39 is 0 Å². The molecular formula is C19H25N3O4S2. The van der Waals surface area contributed by atoms with Gasteiger partial charge in [-0.3, -0.25) is 9.59 Å². The summed E-state index contributed by atoms with van der Waals surface area (Å²) >= 11 is 2.78. The summed E-state index contributed by atoms with van der Waals surface area (Å²) in [6, 6.07) is 5.80. The lowest BCUT2D eigenvalue weighted by Gasteiger charge is -2.14. The number of nitrogens with zero attached hydrogens (tertiary/aromatic N) is 3. The number of likely N-dealkylation sites (tertiary alicyclic amines) is 1. The van der Waals surface area contributed by atoms with Gasteiger partial charge in [0.05, 0.1) is 35.4 Å². The molecule has 1 fully saturated rings. The van der Waals surface area contributed by atoms with E-state index in [1.165, 1.54) is 23.1 Å². The maximum absolute atomic E-state index is 12.4. The summed E-state index contributed by atoms with van der Waals surface area (Å²) in [6.45, 7) is 2.80. The number of fused-ring (bicyclic) bond motifs is 1. The molecular weight excluding hydrogens is 398 g/mol. The summed E-state index contributed by atoms with van der Waals surface area (Å²) in [4.78, 5) is 31.2. The summed E-state index contributed by atoms with van der Waals surface area (Å²) < 4.78 is 13.5. The van der Waals surface area contributed by atoms with Gasteiger partial charge in [-0.2, -0.15) is 4.99 Å². The second-order valence-corrected chi connectivity index (χ2v) is 8.44. The van der Waals surface area contributed by atoms with Gasteiger partial charge in [0.15, 0.2) is 4.80 Å². The molecule has 2 heterocycles. The number of benzene rings is 1. The molecule has 1 aliphatic heterocycles. The fraction of sp³-hybridized carbons (Fsp3) is 0.526. The molecule has 0 radical (unpaired) electrons. The van der Waals surface area contributed by atoms with Crippen molar-refractivity contribution in [2.75, 3.05) is 45.4 Å². The minimum Gasteiger partial charge on any atom is -0.497 e. The third kappa shape index (κ3) is 5.15. The van der Waals surface area contributed by atoms with E-state index in [0.29, 0.717) is 23.7 Å². The van der Waals surface area contributed by atoms with E-state index in [4.69, 9.17) is 9.47 Å². The standard InChI is InChI=1S/C19H25N3O4S2/c1-25-10-9-22-15-6-5-14(26-2)11-16(15)28-19(22)20-17(23)12-27-13-18(24)21-7-3-4-8-21/h5-6,11H,3-4,7-10,12-13H2,1-2H3. The van der Waals surface area contributed by atoms with E-state index in [9.17, 15) is 9.59 Å². The number of hydrogen-bond donors (Lipinski definition) is 0. The number of thiazole rings is 1. The molecule has 0 aliphatic carbocycles. The van der Waals surface area contributed by atoms with Crippen molar-refractivity contribution >= 4 is 45.1 Å². The van der Waals surface area contributed by atoms with Crippen molar-refractivity contribution in [3.05, 3.63) is 23.0 Å². The van der Waals surface area contributed by atoms with Crippen LogP contribution in [-0.4, -0.2) is 66.7 Å². The quantitative estimate of drug-likeness (QED) is 0.650. The van der Waals surface area contributed by atoms with Crippen molar-refractivity contribution in [1.82, 2.24) is 9.47 Å². The number of carbonyl (C=O) groups is 2. The molecule has 2 aromatic rings. The Labute approximate surface area is 172 Å². The summed E-state index contributed by atoms with van der Waals surface area (Å²) in [5.74, 6) is 1.17. The van der Waals surface area contributed by atoms with Crippen LogP contribution in [0.1, 0.15) is 12.8 Å². The number of aromatic nitrogens is 1. The van der Waals surface area contributed by atoms with E-state index in [1.807, 2.05) is 27.7 Å². The lowest BCUT2D eigenvalue weighted by Crippen LogP contribution is -2.29. The van der Waals surface area contributed by atoms with Gasteiger partial charge in [-0.25, -0.2) is 0 Å². The number of ether oxygens (including phenoxy) is 2. The van der Waals surface area contributed by atoms with Crippen LogP contribution in [-0.2, 0) is 20.9 Å². The highest BCUT2D eigenvalue weighted by molar-refractivity contribution is 8.00. The van der Waals surface area contributed by atoms with Gasteiger partial charge in [0.1, 0.15) is 5.75 Å². The molecule has 0 bridgehead atoms. The molecule has 0 unspecified atom stereocenters. The lowest BCUT2D eigenvalue weighted by atomic mass is 10.3. The Morgan fingerprint density at radius 2 is 2.00 bits per heavy atom. The Morgan fingerprint density at radius 1 is 1.21 bits per heavy atom. The molecule has 152 valence electrons. The molecule has 28 heavy (non-hydrogen) atoms. The number of thioether (sulfide) groups is 1. The van der Waals surface area contributed by atoms with Crippen molar-refractivity contribution in [2.45, 2.75) is 19.4 Å². The Balaban J connectivity index is 1.71. The normalized spacial score (nSPS) is 14.8. The predicted molar refractivity (Wildman–Crippen MR) is 112 cm³/mol. The molecule has 0 saturated carbocycles. The molecule has 3 rings (SSSR count). The third-order valence-corrected chi connectivity index (χ3v) is 6.48. The van der Waals surface area contributed by atoms with Gasteiger partial charge in [0, 0.05) is 26.7 Å². The van der Waals surface area contributed by atoms with Crippen molar-refractivity contribution < 1.29 is 19.1 Å². The van der Waals surface area contributed by atoms with Gasteiger partial charge in [-0.15, -0.1) is 11.8 Å². The second kappa shape index (κ2) is 10.1. The number of carbonyl (C=O) groups excluding carboxylic acids is 2. The highest BCUT2D eigenvalue weighted by atomic mass is 32.2. The van der Waals surface area contributed by atoms with E-state index in [-0.39, 0.29) is 17.6 Å². The molecule has 1 aromatic heterocycles. The smallest absolute Gasteiger partial charge is 0.258 e. The van der Waals surface area contributed by atoms with E-state index in [0.717, 1.165) is 41.9 Å². The molecule has 0 spiro atoms. The number of hydrogen-bond acceptors (Lipinski definition) is 6. The highest BCUT2D eigenvalue weighted by Gasteiger charge is 2.18. The van der Waals surface area contributed by atoms with Crippen LogP contribution in [0.5, 0.6) is 5.75 Å². The first-order valence-electron chi connectivity index (χ1n) is 9.22. The van der Waals surface area contributed by atoms with Gasteiger partial charge >= 0.3 is 0 Å². The average Bonchev–Trinajstić information content (AvgIpc) is 3.34. The number of methoxy groups -OCH3 is 2. The molecule has 0 N–H and O–H groups in total. The largest absolute Gasteiger partial charge is 0.497 e. The summed E-state index contributed by atoms with van der Waals surface area (Å²) in [7, 11) is 3.28. The Hall–Kier alpha value is -1.84. The Bertz CT molecular complexity index is 900. The van der Waals surface area contributed by atoms with Crippen LogP contribution in [0.2, 0.25) is 0 Å². The maximum atomic E-state index is 12.4. The third-order valence-electron chi connectivity index (χ3n) is 4.54. The van der Waals surface area contributed by atoms with Crippen molar-refractivity contribution in [1.29, 1.82) is 0 Å². The van der Waals surface area contributed by atoms with Crippen LogP contribution < -0.4 is 9.54 Å². The second-order valence-electron chi connectivity index (χ2n) is 6.45. The molecule has 0 atom stereocenters. The van der Waals surface area contributed by atoms with Gasteiger partial charge in [-0.1, -0.05) is 11.3 Å². The predicted octanol–water partition coefficient (Wildman–Crippen LogP) is 2.14. The van der Waals surface area contributed by atoms with Gasteiger partial charge < -0.3 is 18.9 Å². The van der Waals surface area contributed by atoms with Crippen molar-refractivity contribution in [2.24, 2.45) is 4.99 Å². The monoisotopic (exact) mass is 423 g/mol. The zero-order valence-corrected chi connectivity index (χ0v) is 17.8. The van der Waals surface area contributed by atoms with Gasteiger partial charge in [-0.05, 0) is 31.0 Å². The topological polar surface area (TPSA) is 73.1 Å². The average molecular weight is 424 g/mol. The van der Waals surface area contributed by atoms with Crippen molar-refractivity contribution in [3.8, 4) is 5.75 Å². The fourth-order valence-corrected chi connectivity index (χ4v) is 4.89. The van der Waals surface area contributed by atoms with E-state index >= 15 is 0 Å². The van der Waals surface area contributed by atoms with Crippen LogP contribution in [0, 0.1) is 0 Å². The fourth-order valence-electron chi connectivity index (χ4n) is 3.09. The summed E-state index contributed by atoms with van der Waals surface area (Å²) in [6.07, 6.45) is 2.14. The lowest BCUT2D eigenvalue weighted by molar-refractivity contribution is -0.127. The molecule has 1 aliphatic rings. The first-order valence-corrected chi connectivity index (χ1v) is 11.2. The maximum Gasteiger partial charge on any atom is 0.258 e. The molecule has 1 aromatic carbocycles. The molecule has 7 nitrogen and oxygen atoms in total. The minimum atomic E-state index is -0.232. The van der Waals surface area contributed by atoms with Crippen LogP contribution in [0.15, 0.2) is 23.2 Å². The van der Waals surface area contributed by atoms with Crippen LogP contribution in [0.4, 0.5) is 0 Å². The first-order chi connectivity index (χ1) is 13.6. The molecule has 2 amide bonds. The van der Waals surface area contributed by atoms with E-state index in [1.54, 1.807) is 14.2 Å². The van der Waals surface area contributed by atoms with Crippen LogP contribution in [0.25, 0.3) is 10.2 Å². The van der Waals surface area contributed by atoms with Gasteiger partial charge in [0.2, 0.25) is 5.91 Å². The number of amides is 2. The molecule has 9 heteroatoms. The Kier molecular flexibility index (Phi) is 7.52. The first kappa shape index (κ1) is 20.9. The zero-order chi connectivity index (χ0) is 19.9. The molecule has 1 saturated heterocycles. The van der Waals surface area contributed by atoms with Gasteiger partial charge in [0.25, 0.3) is 5.91 Å². The van der Waals surface area contributed by atoms with Crippen LogP contribution >= 0.6 is 23.1 Å². The zero-order valence-electron chi connectivity index (χ0n) is 16.2. The number of rotatable bonds is 8. The van der Waals surface area contributed by atoms with Crippen molar-refractivity contribution in [3.63, 3.8) is 0 Å².